The number of hydrogen-bond acceptors (Lipinski definition) is 6. The van der Waals surface area contributed by atoms with Crippen LogP contribution in [0.4, 0.5) is 0 Å². The highest BCUT2D eigenvalue weighted by Crippen LogP contribution is 2.31. The number of esters is 1. The van der Waals surface area contributed by atoms with Crippen molar-refractivity contribution in [2.45, 2.75) is 47.0 Å². The minimum Gasteiger partial charge on any atom is -0.461 e. The maximum absolute atomic E-state index is 12.6. The van der Waals surface area contributed by atoms with Gasteiger partial charge >= 0.3 is 11.6 Å². The molecule has 34 heavy (non-hydrogen) atoms. The van der Waals surface area contributed by atoms with E-state index in [4.69, 9.17) is 13.6 Å². The number of carbonyl (C=O) groups is 2. The number of ether oxygens (including phenoxy) is 1. The van der Waals surface area contributed by atoms with E-state index in [1.54, 1.807) is 18.2 Å². The number of benzene rings is 2. The topological polar surface area (TPSA) is 98.8 Å². The molecule has 0 radical (unpaired) electrons. The van der Waals surface area contributed by atoms with E-state index in [-0.39, 0.29) is 18.3 Å². The Balaban J connectivity index is 1.39. The summed E-state index contributed by atoms with van der Waals surface area (Å²) in [5.74, 6) is 0.828. The Hall–Kier alpha value is -3.87. The van der Waals surface area contributed by atoms with Crippen LogP contribution in [0.5, 0.6) is 5.75 Å². The lowest BCUT2D eigenvalue weighted by atomic mass is 10.0. The van der Waals surface area contributed by atoms with Gasteiger partial charge in [-0.3, -0.25) is 9.59 Å². The van der Waals surface area contributed by atoms with Gasteiger partial charge in [0.25, 0.3) is 0 Å². The molecule has 0 aliphatic heterocycles. The Kier molecular flexibility index (Phi) is 6.54. The van der Waals surface area contributed by atoms with Crippen LogP contribution in [0.2, 0.25) is 0 Å². The van der Waals surface area contributed by atoms with Crippen LogP contribution in [0.3, 0.4) is 0 Å². The van der Waals surface area contributed by atoms with Gasteiger partial charge in [-0.05, 0) is 68.5 Å². The van der Waals surface area contributed by atoms with E-state index >= 15 is 0 Å². The summed E-state index contributed by atoms with van der Waals surface area (Å²) in [5.41, 5.74) is 4.16. The zero-order valence-corrected chi connectivity index (χ0v) is 19.7. The summed E-state index contributed by atoms with van der Waals surface area (Å²) in [6, 6.07) is 10.9. The average molecular weight is 462 g/mol. The highest BCUT2D eigenvalue weighted by molar-refractivity contribution is 5.96. The van der Waals surface area contributed by atoms with Crippen molar-refractivity contribution in [3.8, 4) is 5.75 Å². The third kappa shape index (κ3) is 4.88. The van der Waals surface area contributed by atoms with Crippen molar-refractivity contribution >= 4 is 33.8 Å². The summed E-state index contributed by atoms with van der Waals surface area (Å²) in [6.45, 7) is 7.62. The van der Waals surface area contributed by atoms with Gasteiger partial charge in [0.15, 0.2) is 0 Å². The summed E-state index contributed by atoms with van der Waals surface area (Å²) < 4.78 is 16.3. The van der Waals surface area contributed by atoms with E-state index in [0.717, 1.165) is 33.2 Å². The van der Waals surface area contributed by atoms with E-state index in [1.165, 1.54) is 6.92 Å². The number of fused-ring (bicyclic) bond motifs is 2. The Bertz CT molecular complexity index is 1440. The highest BCUT2D eigenvalue weighted by Gasteiger charge is 2.16. The number of aryl methyl sites for hydroxylation is 3. The number of furan rings is 1. The molecule has 176 valence electrons. The normalized spacial score (nSPS) is 11.2. The van der Waals surface area contributed by atoms with Crippen molar-refractivity contribution in [3.05, 3.63) is 74.8 Å². The van der Waals surface area contributed by atoms with Crippen LogP contribution in [-0.2, 0) is 22.4 Å². The summed E-state index contributed by atoms with van der Waals surface area (Å²) in [5, 5.41) is 4.73. The number of hydrogen-bond donors (Lipinski definition) is 1. The van der Waals surface area contributed by atoms with Crippen LogP contribution in [-0.4, -0.2) is 18.4 Å². The van der Waals surface area contributed by atoms with Gasteiger partial charge in [-0.25, -0.2) is 4.79 Å². The van der Waals surface area contributed by atoms with E-state index in [9.17, 15) is 14.4 Å². The second kappa shape index (κ2) is 9.55. The highest BCUT2D eigenvalue weighted by atomic mass is 16.5. The SMILES string of the molecule is CC(=O)Oc1ccc(CCNC(=O)CCc2c(C)c3cc4c(C)c(C)oc4cc3oc2=O)cc1. The van der Waals surface area contributed by atoms with Crippen LogP contribution < -0.4 is 15.7 Å². The molecule has 1 N–H and O–H groups in total. The molecule has 0 fully saturated rings. The average Bonchev–Trinajstić information content (AvgIpc) is 3.06. The zero-order valence-electron chi connectivity index (χ0n) is 19.7. The molecule has 2 aromatic carbocycles. The lowest BCUT2D eigenvalue weighted by Gasteiger charge is -2.09. The van der Waals surface area contributed by atoms with Gasteiger partial charge in [-0.2, -0.15) is 0 Å². The maximum Gasteiger partial charge on any atom is 0.339 e. The fraction of sp³-hybridized carbons (Fsp3) is 0.296. The second-order valence-corrected chi connectivity index (χ2v) is 8.46. The van der Waals surface area contributed by atoms with Gasteiger partial charge in [0.05, 0.1) is 0 Å². The fourth-order valence-electron chi connectivity index (χ4n) is 4.08. The lowest BCUT2D eigenvalue weighted by Crippen LogP contribution is -2.26. The molecule has 0 spiro atoms. The molecule has 7 nitrogen and oxygen atoms in total. The molecule has 0 saturated carbocycles. The van der Waals surface area contributed by atoms with E-state index in [2.05, 4.69) is 5.32 Å². The molecule has 0 aliphatic carbocycles. The molecule has 2 heterocycles. The third-order valence-electron chi connectivity index (χ3n) is 6.11. The van der Waals surface area contributed by atoms with Crippen LogP contribution in [0.25, 0.3) is 21.9 Å². The Morgan fingerprint density at radius 2 is 1.59 bits per heavy atom. The van der Waals surface area contributed by atoms with Crippen molar-refractivity contribution in [1.82, 2.24) is 5.32 Å². The number of nitrogens with one attached hydrogen (secondary N) is 1. The summed E-state index contributed by atoms with van der Waals surface area (Å²) in [6.07, 6.45) is 1.13. The molecule has 0 saturated heterocycles. The molecule has 0 unspecified atom stereocenters. The van der Waals surface area contributed by atoms with Crippen LogP contribution in [0, 0.1) is 20.8 Å². The Morgan fingerprint density at radius 1 is 0.912 bits per heavy atom. The molecule has 7 heteroatoms. The third-order valence-corrected chi connectivity index (χ3v) is 6.11. The smallest absolute Gasteiger partial charge is 0.339 e. The van der Waals surface area contributed by atoms with Crippen molar-refractivity contribution in [1.29, 1.82) is 0 Å². The standard InChI is InChI=1S/C27H27NO6/c1-15-17(3)32-24-14-25-23(13-22(15)24)16(2)21(27(31)34-25)9-10-26(30)28-12-11-19-5-7-20(8-6-19)33-18(4)29/h5-8,13-14H,9-12H2,1-4H3,(H,28,30). The molecular formula is C27H27NO6. The first-order valence-corrected chi connectivity index (χ1v) is 11.2. The second-order valence-electron chi connectivity index (χ2n) is 8.46. The lowest BCUT2D eigenvalue weighted by molar-refractivity contribution is -0.131. The van der Waals surface area contributed by atoms with Crippen LogP contribution in [0.1, 0.15) is 41.4 Å². The summed E-state index contributed by atoms with van der Waals surface area (Å²) in [7, 11) is 0. The molecular weight excluding hydrogens is 434 g/mol. The van der Waals surface area contributed by atoms with Crippen molar-refractivity contribution in [2.75, 3.05) is 6.54 Å². The number of carbonyl (C=O) groups excluding carboxylic acids is 2. The van der Waals surface area contributed by atoms with Crippen molar-refractivity contribution in [3.63, 3.8) is 0 Å². The monoisotopic (exact) mass is 461 g/mol. The minimum absolute atomic E-state index is 0.132. The predicted octanol–water partition coefficient (Wildman–Crippen LogP) is 4.68. The summed E-state index contributed by atoms with van der Waals surface area (Å²) >= 11 is 0. The minimum atomic E-state index is -0.426. The first-order chi connectivity index (χ1) is 16.2. The molecule has 0 aliphatic rings. The van der Waals surface area contributed by atoms with Gasteiger partial charge in [-0.15, -0.1) is 0 Å². The first-order valence-electron chi connectivity index (χ1n) is 11.2. The van der Waals surface area contributed by atoms with Gasteiger partial charge in [0.1, 0.15) is 22.7 Å². The molecule has 0 bridgehead atoms. The van der Waals surface area contributed by atoms with Gasteiger partial charge in [0.2, 0.25) is 5.91 Å². The van der Waals surface area contributed by atoms with Gasteiger partial charge in [0, 0.05) is 42.3 Å². The van der Waals surface area contributed by atoms with Crippen molar-refractivity contribution < 1.29 is 23.2 Å². The van der Waals surface area contributed by atoms with Crippen LogP contribution in [0.15, 0.2) is 50.0 Å². The van der Waals surface area contributed by atoms with E-state index in [1.807, 2.05) is 39.0 Å². The number of amides is 1. The predicted molar refractivity (Wildman–Crippen MR) is 129 cm³/mol. The van der Waals surface area contributed by atoms with Crippen LogP contribution >= 0.6 is 0 Å². The van der Waals surface area contributed by atoms with Gasteiger partial charge in [-0.1, -0.05) is 12.1 Å². The molecule has 4 rings (SSSR count). The maximum atomic E-state index is 12.6. The Morgan fingerprint density at radius 3 is 2.29 bits per heavy atom. The first kappa shape index (κ1) is 23.3. The Labute approximate surface area is 196 Å². The van der Waals surface area contributed by atoms with Crippen molar-refractivity contribution in [2.24, 2.45) is 0 Å². The molecule has 4 aromatic rings. The van der Waals surface area contributed by atoms with E-state index in [0.29, 0.717) is 41.9 Å². The quantitative estimate of drug-likeness (QED) is 0.244. The number of rotatable bonds is 7. The van der Waals surface area contributed by atoms with E-state index < -0.39 is 5.63 Å². The molecule has 1 amide bonds. The fourth-order valence-corrected chi connectivity index (χ4v) is 4.08. The largest absolute Gasteiger partial charge is 0.461 e. The van der Waals surface area contributed by atoms with Gasteiger partial charge < -0.3 is 18.9 Å². The zero-order chi connectivity index (χ0) is 24.4. The molecule has 0 atom stereocenters. The summed E-state index contributed by atoms with van der Waals surface area (Å²) in [4.78, 5) is 36.0. The molecule has 2 aromatic heterocycles.